The van der Waals surface area contributed by atoms with E-state index in [1.165, 1.54) is 6.92 Å². The van der Waals surface area contributed by atoms with Gasteiger partial charge in [-0.25, -0.2) is 0 Å². The van der Waals surface area contributed by atoms with E-state index in [0.29, 0.717) is 6.08 Å². The maximum atomic E-state index is 10.6. The Kier molecular flexibility index (Phi) is 3.63. The van der Waals surface area contributed by atoms with Crippen molar-refractivity contribution in [1.82, 2.24) is 0 Å². The van der Waals surface area contributed by atoms with Crippen LogP contribution in [-0.4, -0.2) is 29.8 Å². The predicted molar refractivity (Wildman–Crippen MR) is 43.9 cm³/mol. The largest absolute Gasteiger partial charge is 0.373 e. The Morgan fingerprint density at radius 2 is 1.38 bits per heavy atom. The molecule has 0 radical (unpaired) electrons. The Bertz CT molecular complexity index is 274. The van der Waals surface area contributed by atoms with Crippen LogP contribution in [0.2, 0.25) is 0 Å². The normalized spacial score (nSPS) is 15.2. The number of hydrogen-bond acceptors (Lipinski definition) is 3. The van der Waals surface area contributed by atoms with Crippen LogP contribution in [0.5, 0.6) is 0 Å². The third-order valence-corrected chi connectivity index (χ3v) is 4.82. The molecule has 0 amide bonds. The lowest BCUT2D eigenvalue weighted by Crippen LogP contribution is -2.25. The van der Waals surface area contributed by atoms with E-state index in [1.54, 1.807) is 0 Å². The first-order valence-corrected chi connectivity index (χ1v) is 6.26. The first-order chi connectivity index (χ1) is 5.56. The van der Waals surface area contributed by atoms with Crippen LogP contribution in [0.15, 0.2) is 12.2 Å². The number of rotatable bonds is 3. The molecule has 9 heteroatoms. The van der Waals surface area contributed by atoms with Gasteiger partial charge in [0.15, 0.2) is 0 Å². The highest BCUT2D eigenvalue weighted by molar-refractivity contribution is 7.72. The lowest BCUT2D eigenvalue weighted by Gasteiger charge is -2.25. The van der Waals surface area contributed by atoms with Crippen molar-refractivity contribution in [3.63, 3.8) is 0 Å². The van der Waals surface area contributed by atoms with Crippen LogP contribution in [-0.2, 0) is 9.13 Å². The molecule has 0 aromatic rings. The van der Waals surface area contributed by atoms with Crippen molar-refractivity contribution in [2.24, 2.45) is 0 Å². The summed E-state index contributed by atoms with van der Waals surface area (Å²) in [6, 6.07) is 0. The SMILES string of the molecule is CC=CC(O)(P(=O)(O)O)P(=O)(O)O. The summed E-state index contributed by atoms with van der Waals surface area (Å²) in [5.41, 5.74) is 0. The molecule has 0 bridgehead atoms. The summed E-state index contributed by atoms with van der Waals surface area (Å²) in [6.45, 7) is 1.26. The zero-order valence-corrected chi connectivity index (χ0v) is 8.39. The van der Waals surface area contributed by atoms with Crippen LogP contribution in [0.1, 0.15) is 6.92 Å². The monoisotopic (exact) mass is 232 g/mol. The van der Waals surface area contributed by atoms with Gasteiger partial charge in [-0.05, 0) is 13.0 Å². The molecule has 0 saturated carbocycles. The van der Waals surface area contributed by atoms with Gasteiger partial charge in [0.1, 0.15) is 0 Å². The zero-order valence-electron chi connectivity index (χ0n) is 6.60. The molecule has 0 aliphatic carbocycles. The van der Waals surface area contributed by atoms with Crippen molar-refractivity contribution in [3.05, 3.63) is 12.2 Å². The zero-order chi connectivity index (χ0) is 10.9. The molecule has 0 aliphatic heterocycles. The summed E-state index contributed by atoms with van der Waals surface area (Å²) in [5, 5.41) is 5.65. The van der Waals surface area contributed by atoms with Gasteiger partial charge in [-0.2, -0.15) is 0 Å². The molecule has 0 rings (SSSR count). The second-order valence-electron chi connectivity index (χ2n) is 2.28. The fraction of sp³-hybridized carbons (Fsp3) is 0.500. The van der Waals surface area contributed by atoms with Crippen molar-refractivity contribution in [2.45, 2.75) is 12.0 Å². The van der Waals surface area contributed by atoms with Crippen molar-refractivity contribution in [1.29, 1.82) is 0 Å². The smallest absolute Gasteiger partial charge is 0.364 e. The van der Waals surface area contributed by atoms with Crippen LogP contribution in [0.25, 0.3) is 0 Å². The van der Waals surface area contributed by atoms with Gasteiger partial charge in [-0.15, -0.1) is 0 Å². The van der Waals surface area contributed by atoms with E-state index in [9.17, 15) is 9.13 Å². The Labute approximate surface area is 74.0 Å². The molecule has 0 aromatic carbocycles. The van der Waals surface area contributed by atoms with E-state index in [-0.39, 0.29) is 0 Å². The number of aliphatic hydroxyl groups is 1. The quantitative estimate of drug-likeness (QED) is 0.329. The molecule has 0 fully saturated rings. The molecule has 0 saturated heterocycles. The predicted octanol–water partition coefficient (Wildman–Crippen LogP) is -0.436. The fourth-order valence-electron chi connectivity index (χ4n) is 0.587. The van der Waals surface area contributed by atoms with Gasteiger partial charge >= 0.3 is 15.2 Å². The fourth-order valence-corrected chi connectivity index (χ4v) is 2.63. The number of allylic oxidation sites excluding steroid dienone is 1. The summed E-state index contributed by atoms with van der Waals surface area (Å²) in [7, 11) is -10.6. The minimum absolute atomic E-state index is 0.383. The van der Waals surface area contributed by atoms with Crippen molar-refractivity contribution in [3.8, 4) is 0 Å². The van der Waals surface area contributed by atoms with E-state index in [2.05, 4.69) is 0 Å². The highest BCUT2D eigenvalue weighted by atomic mass is 31.2. The Morgan fingerprint density at radius 1 is 1.08 bits per heavy atom. The summed E-state index contributed by atoms with van der Waals surface area (Å²) >= 11 is 0. The first-order valence-electron chi connectivity index (χ1n) is 3.04. The molecule has 7 nitrogen and oxygen atoms in total. The molecule has 13 heavy (non-hydrogen) atoms. The van der Waals surface area contributed by atoms with Crippen LogP contribution in [0, 0.1) is 0 Å². The molecule has 0 spiro atoms. The van der Waals surface area contributed by atoms with E-state index in [4.69, 9.17) is 24.7 Å². The Hall–Kier alpha value is -0.0000000000000000416. The molecule has 78 valence electrons. The van der Waals surface area contributed by atoms with Gasteiger partial charge in [0.05, 0.1) is 0 Å². The third-order valence-electron chi connectivity index (χ3n) is 1.25. The third kappa shape index (κ3) is 2.48. The highest BCUT2D eigenvalue weighted by Gasteiger charge is 2.57. The van der Waals surface area contributed by atoms with Crippen molar-refractivity contribution in [2.75, 3.05) is 0 Å². The summed E-state index contributed by atoms with van der Waals surface area (Å²) in [5.74, 6) is 0. The van der Waals surface area contributed by atoms with Crippen LogP contribution < -0.4 is 0 Å². The Morgan fingerprint density at radius 3 is 1.46 bits per heavy atom. The van der Waals surface area contributed by atoms with E-state index in [0.717, 1.165) is 6.08 Å². The van der Waals surface area contributed by atoms with Gasteiger partial charge in [-0.3, -0.25) is 9.13 Å². The van der Waals surface area contributed by atoms with Gasteiger partial charge in [0.25, 0.3) is 5.08 Å². The lowest BCUT2D eigenvalue weighted by atomic mass is 10.5. The van der Waals surface area contributed by atoms with E-state index in [1.807, 2.05) is 0 Å². The maximum Gasteiger partial charge on any atom is 0.373 e. The summed E-state index contributed by atoms with van der Waals surface area (Å²) in [4.78, 5) is 34.1. The second kappa shape index (κ2) is 3.63. The lowest BCUT2D eigenvalue weighted by molar-refractivity contribution is 0.168. The van der Waals surface area contributed by atoms with E-state index < -0.39 is 20.3 Å². The average Bonchev–Trinajstić information content (AvgIpc) is 1.82. The molecule has 0 unspecified atom stereocenters. The van der Waals surface area contributed by atoms with E-state index >= 15 is 0 Å². The van der Waals surface area contributed by atoms with Crippen molar-refractivity contribution >= 4 is 15.2 Å². The van der Waals surface area contributed by atoms with Crippen molar-refractivity contribution < 1.29 is 33.8 Å². The standard InChI is InChI=1S/C4H10O7P2/c1-2-3-4(5,12(6,7)8)13(9,10)11/h2-3,5H,1H3,(H2,6,7,8)(H2,9,10,11). The highest BCUT2D eigenvalue weighted by Crippen LogP contribution is 2.68. The minimum Gasteiger partial charge on any atom is -0.364 e. The second-order valence-corrected chi connectivity index (χ2v) is 6.17. The molecular formula is C4H10O7P2. The van der Waals surface area contributed by atoms with Crippen LogP contribution in [0.3, 0.4) is 0 Å². The van der Waals surface area contributed by atoms with Gasteiger partial charge < -0.3 is 24.7 Å². The molecule has 0 atom stereocenters. The Balaban J connectivity index is 5.49. The minimum atomic E-state index is -5.32. The average molecular weight is 232 g/mol. The van der Waals surface area contributed by atoms with Gasteiger partial charge in [0, 0.05) is 0 Å². The van der Waals surface area contributed by atoms with Gasteiger partial charge in [-0.1, -0.05) is 6.08 Å². The molecule has 0 heterocycles. The topological polar surface area (TPSA) is 135 Å². The van der Waals surface area contributed by atoms with Gasteiger partial charge in [0.2, 0.25) is 0 Å². The van der Waals surface area contributed by atoms with Crippen LogP contribution >= 0.6 is 15.2 Å². The summed E-state index contributed by atoms with van der Waals surface area (Å²) < 4.78 is 21.2. The molecule has 5 N–H and O–H groups in total. The number of hydrogen-bond donors (Lipinski definition) is 5. The van der Waals surface area contributed by atoms with Crippen LogP contribution in [0.4, 0.5) is 0 Å². The molecule has 0 aromatic heterocycles. The first kappa shape index (κ1) is 13.0. The molecule has 0 aliphatic rings. The molecular weight excluding hydrogens is 222 g/mol. The summed E-state index contributed by atoms with van der Waals surface area (Å²) in [6.07, 6.45) is 1.33. The maximum absolute atomic E-state index is 10.6.